The van der Waals surface area contributed by atoms with E-state index in [-0.39, 0.29) is 6.04 Å². The number of hydrogen-bond acceptors (Lipinski definition) is 2. The van der Waals surface area contributed by atoms with E-state index in [0.717, 1.165) is 12.1 Å². The van der Waals surface area contributed by atoms with E-state index in [4.69, 9.17) is 5.73 Å². The Morgan fingerprint density at radius 2 is 1.88 bits per heavy atom. The lowest BCUT2D eigenvalue weighted by atomic mass is 10.2. The van der Waals surface area contributed by atoms with Crippen LogP contribution >= 0.6 is 0 Å². The van der Waals surface area contributed by atoms with Gasteiger partial charge in [0.1, 0.15) is 6.04 Å². The van der Waals surface area contributed by atoms with E-state index in [1.54, 1.807) is 4.90 Å². The smallest absolute Gasteiger partial charge is 0.368 e. The molecule has 1 saturated heterocycles. The van der Waals surface area contributed by atoms with Gasteiger partial charge in [0.25, 0.3) is 0 Å². The fourth-order valence-electron chi connectivity index (χ4n) is 1.51. The first-order chi connectivity index (χ1) is 7.39. The molecule has 1 heterocycles. The van der Waals surface area contributed by atoms with Gasteiger partial charge in [-0.05, 0) is 24.3 Å². The lowest BCUT2D eigenvalue weighted by Crippen LogP contribution is -2.21. The molecule has 1 aromatic carbocycles. The van der Waals surface area contributed by atoms with Crippen LogP contribution in [0.25, 0.3) is 0 Å². The number of nitrogens with zero attached hydrogens (tertiary/aromatic N) is 1. The van der Waals surface area contributed by atoms with Gasteiger partial charge in [-0.15, -0.1) is 0 Å². The van der Waals surface area contributed by atoms with Gasteiger partial charge in [-0.1, -0.05) is 0 Å². The maximum Gasteiger partial charge on any atom is 0.416 e. The standard InChI is InChI=1S/C10H9F3N2O/c11-10(12,13)6-1-3-7(4-2-6)15-5-8(15)9(14)16/h1-4,8H,5H2,(H2,14,16)/t8-,15?/m0/s1. The number of benzene rings is 1. The van der Waals surface area contributed by atoms with Crippen LogP contribution in [0.2, 0.25) is 0 Å². The lowest BCUT2D eigenvalue weighted by Gasteiger charge is -2.08. The van der Waals surface area contributed by atoms with Crippen LogP contribution in [0.3, 0.4) is 0 Å². The van der Waals surface area contributed by atoms with Gasteiger partial charge < -0.3 is 10.6 Å². The van der Waals surface area contributed by atoms with Crippen molar-refractivity contribution >= 4 is 11.6 Å². The van der Waals surface area contributed by atoms with E-state index >= 15 is 0 Å². The maximum absolute atomic E-state index is 12.3. The molecule has 2 rings (SSSR count). The summed E-state index contributed by atoms with van der Waals surface area (Å²) < 4.78 is 36.8. The van der Waals surface area contributed by atoms with Gasteiger partial charge in [-0.25, -0.2) is 0 Å². The van der Waals surface area contributed by atoms with Crippen LogP contribution in [-0.2, 0) is 11.0 Å². The van der Waals surface area contributed by atoms with Crippen LogP contribution in [0, 0.1) is 0 Å². The largest absolute Gasteiger partial charge is 0.416 e. The molecule has 0 saturated carbocycles. The minimum absolute atomic E-state index is 0.378. The Hall–Kier alpha value is -1.72. The summed E-state index contributed by atoms with van der Waals surface area (Å²) in [6.45, 7) is 0.473. The van der Waals surface area contributed by atoms with Crippen molar-refractivity contribution in [2.75, 3.05) is 11.4 Å². The van der Waals surface area contributed by atoms with E-state index in [9.17, 15) is 18.0 Å². The zero-order chi connectivity index (χ0) is 11.9. The molecule has 86 valence electrons. The van der Waals surface area contributed by atoms with Crippen LogP contribution in [-0.4, -0.2) is 18.5 Å². The van der Waals surface area contributed by atoms with E-state index < -0.39 is 17.6 Å². The van der Waals surface area contributed by atoms with Crippen molar-refractivity contribution in [3.63, 3.8) is 0 Å². The second-order valence-electron chi connectivity index (χ2n) is 3.62. The van der Waals surface area contributed by atoms with Gasteiger partial charge in [0, 0.05) is 12.2 Å². The van der Waals surface area contributed by atoms with Crippen LogP contribution < -0.4 is 10.6 Å². The van der Waals surface area contributed by atoms with Crippen molar-refractivity contribution in [1.29, 1.82) is 0 Å². The summed E-state index contributed by atoms with van der Waals surface area (Å²) in [7, 11) is 0. The highest BCUT2D eigenvalue weighted by molar-refractivity contribution is 5.89. The summed E-state index contributed by atoms with van der Waals surface area (Å²) in [4.78, 5) is 12.4. The maximum atomic E-state index is 12.3. The fraction of sp³-hybridized carbons (Fsp3) is 0.300. The predicted octanol–water partition coefficient (Wildman–Crippen LogP) is 1.38. The van der Waals surface area contributed by atoms with Gasteiger partial charge in [0.05, 0.1) is 5.56 Å². The summed E-state index contributed by atoms with van der Waals surface area (Å²) >= 11 is 0. The third-order valence-corrected chi connectivity index (χ3v) is 2.47. The average molecular weight is 230 g/mol. The highest BCUT2D eigenvalue weighted by atomic mass is 19.4. The van der Waals surface area contributed by atoms with Crippen molar-refractivity contribution in [2.45, 2.75) is 12.2 Å². The molecule has 0 bridgehead atoms. The molecule has 0 spiro atoms. The van der Waals surface area contributed by atoms with Crippen molar-refractivity contribution in [1.82, 2.24) is 0 Å². The molecule has 1 aliphatic rings. The molecule has 0 unspecified atom stereocenters. The van der Waals surface area contributed by atoms with Crippen molar-refractivity contribution in [2.24, 2.45) is 5.73 Å². The van der Waals surface area contributed by atoms with E-state index in [0.29, 0.717) is 12.2 Å². The van der Waals surface area contributed by atoms with Crippen LogP contribution in [0.4, 0.5) is 18.9 Å². The number of rotatable bonds is 2. The summed E-state index contributed by atoms with van der Waals surface area (Å²) in [6.07, 6.45) is -4.33. The predicted molar refractivity (Wildman–Crippen MR) is 51.8 cm³/mol. The lowest BCUT2D eigenvalue weighted by molar-refractivity contribution is -0.137. The number of anilines is 1. The average Bonchev–Trinajstić information content (AvgIpc) is 2.96. The minimum Gasteiger partial charge on any atom is -0.368 e. The highest BCUT2D eigenvalue weighted by Gasteiger charge is 2.39. The first-order valence-corrected chi connectivity index (χ1v) is 4.63. The Balaban J connectivity index is 2.13. The third-order valence-electron chi connectivity index (χ3n) is 2.47. The van der Waals surface area contributed by atoms with Gasteiger partial charge in [-0.3, -0.25) is 4.79 Å². The van der Waals surface area contributed by atoms with Crippen molar-refractivity contribution in [3.8, 4) is 0 Å². The highest BCUT2D eigenvalue weighted by Crippen LogP contribution is 2.33. The molecule has 0 radical (unpaired) electrons. The van der Waals surface area contributed by atoms with Crippen LogP contribution in [0.15, 0.2) is 24.3 Å². The van der Waals surface area contributed by atoms with Gasteiger partial charge in [0.2, 0.25) is 5.91 Å². The number of nitrogens with two attached hydrogens (primary N) is 1. The third kappa shape index (κ3) is 1.95. The SMILES string of the molecule is NC(=O)[C@@H]1CN1c1ccc(C(F)(F)F)cc1. The van der Waals surface area contributed by atoms with E-state index in [2.05, 4.69) is 0 Å². The molecule has 16 heavy (non-hydrogen) atoms. The van der Waals surface area contributed by atoms with Gasteiger partial charge in [-0.2, -0.15) is 13.2 Å². The molecule has 6 heteroatoms. The summed E-state index contributed by atoms with van der Waals surface area (Å²) in [5, 5.41) is 0. The van der Waals surface area contributed by atoms with Gasteiger partial charge in [0.15, 0.2) is 0 Å². The number of hydrogen-bond donors (Lipinski definition) is 1. The van der Waals surface area contributed by atoms with Crippen molar-refractivity contribution < 1.29 is 18.0 Å². The number of carbonyl (C=O) groups is 1. The Morgan fingerprint density at radius 1 is 1.31 bits per heavy atom. The molecule has 0 aliphatic carbocycles. The van der Waals surface area contributed by atoms with Crippen molar-refractivity contribution in [3.05, 3.63) is 29.8 Å². The number of alkyl halides is 3. The minimum atomic E-state index is -4.33. The first-order valence-electron chi connectivity index (χ1n) is 4.63. The number of carbonyl (C=O) groups excluding carboxylic acids is 1. The molecular weight excluding hydrogens is 221 g/mol. The quantitative estimate of drug-likeness (QED) is 0.780. The molecule has 1 aliphatic heterocycles. The Morgan fingerprint density at radius 3 is 2.25 bits per heavy atom. The second kappa shape index (κ2) is 3.40. The monoisotopic (exact) mass is 230 g/mol. The Labute approximate surface area is 89.6 Å². The number of amides is 1. The number of primary amides is 1. The Bertz CT molecular complexity index is 413. The number of halogens is 3. The van der Waals surface area contributed by atoms with E-state index in [1.807, 2.05) is 0 Å². The molecule has 1 aromatic rings. The molecule has 2 N–H and O–H groups in total. The molecule has 1 atom stereocenters. The molecular formula is C10H9F3N2O. The van der Waals surface area contributed by atoms with Crippen LogP contribution in [0.5, 0.6) is 0 Å². The zero-order valence-electron chi connectivity index (χ0n) is 8.16. The zero-order valence-corrected chi connectivity index (χ0v) is 8.16. The van der Waals surface area contributed by atoms with Gasteiger partial charge >= 0.3 is 6.18 Å². The second-order valence-corrected chi connectivity index (χ2v) is 3.62. The summed E-state index contributed by atoms with van der Waals surface area (Å²) in [5.74, 6) is -0.458. The molecule has 1 amide bonds. The normalized spacial score (nSPS) is 19.7. The Kier molecular flexibility index (Phi) is 2.29. The fourth-order valence-corrected chi connectivity index (χ4v) is 1.51. The summed E-state index contributed by atoms with van der Waals surface area (Å²) in [5.41, 5.74) is 4.94. The van der Waals surface area contributed by atoms with E-state index in [1.165, 1.54) is 12.1 Å². The topological polar surface area (TPSA) is 46.1 Å². The first kappa shape index (κ1) is 10.8. The molecule has 1 fully saturated rings. The molecule has 0 aromatic heterocycles. The summed E-state index contributed by atoms with van der Waals surface area (Å²) in [6, 6.07) is 4.28. The molecule has 3 nitrogen and oxygen atoms in total. The van der Waals surface area contributed by atoms with Crippen LogP contribution in [0.1, 0.15) is 5.56 Å².